The molecule has 0 saturated carbocycles. The lowest BCUT2D eigenvalue weighted by atomic mass is 9.99. The van der Waals surface area contributed by atoms with E-state index < -0.39 is 9.84 Å². The lowest BCUT2D eigenvalue weighted by Crippen LogP contribution is -2.07. The third-order valence-corrected chi connectivity index (χ3v) is 5.62. The maximum Gasteiger partial charge on any atom is 0.206 e. The molecular formula is C17H18O3S. The van der Waals surface area contributed by atoms with Crippen LogP contribution in [0.15, 0.2) is 64.4 Å². The van der Waals surface area contributed by atoms with Crippen molar-refractivity contribution >= 4 is 9.84 Å². The van der Waals surface area contributed by atoms with Gasteiger partial charge in [-0.15, -0.1) is 0 Å². The van der Waals surface area contributed by atoms with Gasteiger partial charge in [-0.05, 0) is 42.2 Å². The standard InChI is InChI=1S/C17H18O3S/c1-13(17-12-20-17)11-14-7-9-16(10-8-14)21(18,19)15-5-3-2-4-6-15/h2-10,13,17H,11-12H2,1H3. The average Bonchev–Trinajstić information content (AvgIpc) is 3.33. The van der Waals surface area contributed by atoms with E-state index in [4.69, 9.17) is 4.74 Å². The van der Waals surface area contributed by atoms with Gasteiger partial charge < -0.3 is 4.74 Å². The summed E-state index contributed by atoms with van der Waals surface area (Å²) in [5, 5.41) is 0. The van der Waals surface area contributed by atoms with E-state index in [1.165, 1.54) is 0 Å². The second kappa shape index (κ2) is 5.62. The maximum atomic E-state index is 12.5. The first-order valence-electron chi connectivity index (χ1n) is 7.08. The topological polar surface area (TPSA) is 46.7 Å². The number of hydrogen-bond acceptors (Lipinski definition) is 3. The van der Waals surface area contributed by atoms with E-state index in [1.54, 1.807) is 36.4 Å². The largest absolute Gasteiger partial charge is 0.373 e. The Kier molecular flexibility index (Phi) is 3.83. The molecule has 2 aromatic carbocycles. The molecule has 2 aromatic rings. The normalized spacial score (nSPS) is 19.2. The van der Waals surface area contributed by atoms with Crippen LogP contribution in [0.1, 0.15) is 12.5 Å². The highest BCUT2D eigenvalue weighted by Crippen LogP contribution is 2.25. The van der Waals surface area contributed by atoms with Gasteiger partial charge in [0.25, 0.3) is 0 Å². The summed E-state index contributed by atoms with van der Waals surface area (Å²) in [6, 6.07) is 15.7. The predicted molar refractivity (Wildman–Crippen MR) is 80.9 cm³/mol. The van der Waals surface area contributed by atoms with E-state index >= 15 is 0 Å². The molecule has 0 spiro atoms. The molecule has 0 aromatic heterocycles. The first-order valence-corrected chi connectivity index (χ1v) is 8.56. The molecule has 2 atom stereocenters. The van der Waals surface area contributed by atoms with E-state index in [1.807, 2.05) is 18.2 Å². The third kappa shape index (κ3) is 3.17. The Hall–Kier alpha value is -1.65. The minimum absolute atomic E-state index is 0.331. The lowest BCUT2D eigenvalue weighted by molar-refractivity contribution is 0.341. The minimum atomic E-state index is -3.41. The summed E-state index contributed by atoms with van der Waals surface area (Å²) >= 11 is 0. The van der Waals surface area contributed by atoms with Crippen LogP contribution >= 0.6 is 0 Å². The fourth-order valence-electron chi connectivity index (χ4n) is 2.43. The lowest BCUT2D eigenvalue weighted by Gasteiger charge is -2.09. The van der Waals surface area contributed by atoms with Gasteiger partial charge in [0, 0.05) is 0 Å². The molecule has 0 radical (unpaired) electrons. The minimum Gasteiger partial charge on any atom is -0.373 e. The van der Waals surface area contributed by atoms with Crippen LogP contribution in [0.3, 0.4) is 0 Å². The van der Waals surface area contributed by atoms with Gasteiger partial charge in [0.15, 0.2) is 0 Å². The molecule has 0 N–H and O–H groups in total. The maximum absolute atomic E-state index is 12.5. The summed E-state index contributed by atoms with van der Waals surface area (Å²) in [4.78, 5) is 0.672. The van der Waals surface area contributed by atoms with Crippen molar-refractivity contribution in [3.8, 4) is 0 Å². The molecule has 1 fully saturated rings. The number of ether oxygens (including phenoxy) is 1. The van der Waals surface area contributed by atoms with Gasteiger partial charge in [0.1, 0.15) is 0 Å². The Bertz CT molecular complexity index is 701. The van der Waals surface area contributed by atoms with Crippen molar-refractivity contribution in [2.45, 2.75) is 29.2 Å². The van der Waals surface area contributed by atoms with Crippen molar-refractivity contribution in [1.29, 1.82) is 0 Å². The quantitative estimate of drug-likeness (QED) is 0.797. The van der Waals surface area contributed by atoms with Gasteiger partial charge in [0.2, 0.25) is 9.84 Å². The number of hydrogen-bond donors (Lipinski definition) is 0. The van der Waals surface area contributed by atoms with Crippen LogP contribution in [0, 0.1) is 5.92 Å². The van der Waals surface area contributed by atoms with Crippen LogP contribution in [-0.4, -0.2) is 21.1 Å². The highest BCUT2D eigenvalue weighted by Gasteiger charge is 2.29. The molecule has 3 rings (SSSR count). The predicted octanol–water partition coefficient (Wildman–Crippen LogP) is 3.10. The van der Waals surface area contributed by atoms with Crippen molar-refractivity contribution in [2.24, 2.45) is 5.92 Å². The highest BCUT2D eigenvalue weighted by atomic mass is 32.2. The molecule has 1 aliphatic rings. The number of benzene rings is 2. The molecule has 1 aliphatic heterocycles. The number of rotatable bonds is 5. The molecule has 0 amide bonds. The zero-order chi connectivity index (χ0) is 14.9. The van der Waals surface area contributed by atoms with Crippen LogP contribution in [0.2, 0.25) is 0 Å². The molecule has 1 saturated heterocycles. The van der Waals surface area contributed by atoms with Crippen LogP contribution in [0.5, 0.6) is 0 Å². The Balaban J connectivity index is 1.80. The summed E-state index contributed by atoms with van der Waals surface area (Å²) in [6.07, 6.45) is 1.29. The van der Waals surface area contributed by atoms with E-state index in [0.717, 1.165) is 18.6 Å². The van der Waals surface area contributed by atoms with Crippen molar-refractivity contribution in [3.63, 3.8) is 0 Å². The monoisotopic (exact) mass is 302 g/mol. The van der Waals surface area contributed by atoms with E-state index in [9.17, 15) is 8.42 Å². The summed E-state index contributed by atoms with van der Waals surface area (Å²) in [5.41, 5.74) is 1.14. The van der Waals surface area contributed by atoms with E-state index in [0.29, 0.717) is 21.8 Å². The Morgan fingerprint density at radius 2 is 1.62 bits per heavy atom. The number of epoxide rings is 1. The first-order chi connectivity index (χ1) is 10.1. The van der Waals surface area contributed by atoms with Gasteiger partial charge in [-0.1, -0.05) is 37.3 Å². The fraction of sp³-hybridized carbons (Fsp3) is 0.294. The second-order valence-corrected chi connectivity index (χ2v) is 7.46. The summed E-state index contributed by atoms with van der Waals surface area (Å²) in [7, 11) is -3.41. The Labute approximate surface area is 125 Å². The summed E-state index contributed by atoms with van der Waals surface area (Å²) in [5.74, 6) is 0.474. The van der Waals surface area contributed by atoms with E-state index in [2.05, 4.69) is 6.92 Å². The zero-order valence-corrected chi connectivity index (χ0v) is 12.7. The van der Waals surface area contributed by atoms with Crippen LogP contribution in [0.25, 0.3) is 0 Å². The van der Waals surface area contributed by atoms with Crippen molar-refractivity contribution in [3.05, 3.63) is 60.2 Å². The SMILES string of the molecule is CC(Cc1ccc(S(=O)(=O)c2ccccc2)cc1)C1CO1. The van der Waals surface area contributed by atoms with Gasteiger partial charge in [0.05, 0.1) is 22.5 Å². The van der Waals surface area contributed by atoms with Gasteiger partial charge >= 0.3 is 0 Å². The molecular weight excluding hydrogens is 284 g/mol. The second-order valence-electron chi connectivity index (χ2n) is 5.51. The summed E-state index contributed by atoms with van der Waals surface area (Å²) < 4.78 is 30.2. The molecule has 3 nitrogen and oxygen atoms in total. The molecule has 1 heterocycles. The van der Waals surface area contributed by atoms with Crippen molar-refractivity contribution < 1.29 is 13.2 Å². The highest BCUT2D eigenvalue weighted by molar-refractivity contribution is 7.91. The van der Waals surface area contributed by atoms with Gasteiger partial charge in [-0.25, -0.2) is 8.42 Å². The van der Waals surface area contributed by atoms with Gasteiger partial charge in [-0.2, -0.15) is 0 Å². The molecule has 2 unspecified atom stereocenters. The number of sulfone groups is 1. The Morgan fingerprint density at radius 1 is 1.05 bits per heavy atom. The molecule has 4 heteroatoms. The smallest absolute Gasteiger partial charge is 0.206 e. The van der Waals surface area contributed by atoms with Crippen LogP contribution in [-0.2, 0) is 21.0 Å². The summed E-state index contributed by atoms with van der Waals surface area (Å²) in [6.45, 7) is 3.01. The van der Waals surface area contributed by atoms with Crippen LogP contribution < -0.4 is 0 Å². The van der Waals surface area contributed by atoms with E-state index in [-0.39, 0.29) is 0 Å². The van der Waals surface area contributed by atoms with Crippen LogP contribution in [0.4, 0.5) is 0 Å². The molecule has 21 heavy (non-hydrogen) atoms. The molecule has 0 aliphatic carbocycles. The Morgan fingerprint density at radius 3 is 2.19 bits per heavy atom. The third-order valence-electron chi connectivity index (χ3n) is 3.84. The molecule has 110 valence electrons. The van der Waals surface area contributed by atoms with Crippen molar-refractivity contribution in [2.75, 3.05) is 6.61 Å². The zero-order valence-electron chi connectivity index (χ0n) is 11.9. The fourth-order valence-corrected chi connectivity index (χ4v) is 3.71. The van der Waals surface area contributed by atoms with Gasteiger partial charge in [-0.3, -0.25) is 0 Å². The first kappa shape index (κ1) is 14.3. The average molecular weight is 302 g/mol. The van der Waals surface area contributed by atoms with Crippen molar-refractivity contribution in [1.82, 2.24) is 0 Å². The molecule has 0 bridgehead atoms.